The Hall–Kier alpha value is -0.870. The summed E-state index contributed by atoms with van der Waals surface area (Å²) in [6.07, 6.45) is 4.02. The van der Waals surface area contributed by atoms with Crippen molar-refractivity contribution in [2.45, 2.75) is 59.4 Å². The van der Waals surface area contributed by atoms with Crippen molar-refractivity contribution in [3.05, 3.63) is 16.5 Å². The van der Waals surface area contributed by atoms with Crippen molar-refractivity contribution in [1.82, 2.24) is 9.97 Å². The third-order valence-corrected chi connectivity index (χ3v) is 4.14. The van der Waals surface area contributed by atoms with Crippen LogP contribution in [0.3, 0.4) is 0 Å². The number of aryl methyl sites for hydroxylation is 1. The van der Waals surface area contributed by atoms with E-state index >= 15 is 0 Å². The molecule has 0 N–H and O–H groups in total. The molecule has 0 spiro atoms. The van der Waals surface area contributed by atoms with E-state index in [9.17, 15) is 0 Å². The van der Waals surface area contributed by atoms with E-state index in [0.29, 0.717) is 17.8 Å². The molecule has 120 valence electrons. The van der Waals surface area contributed by atoms with E-state index in [1.807, 2.05) is 6.92 Å². The third-order valence-electron chi connectivity index (χ3n) is 3.77. The highest BCUT2D eigenvalue weighted by molar-refractivity contribution is 6.30. The molecule has 4 nitrogen and oxygen atoms in total. The van der Waals surface area contributed by atoms with Crippen LogP contribution in [0.5, 0.6) is 0 Å². The first-order valence-corrected chi connectivity index (χ1v) is 8.25. The van der Waals surface area contributed by atoms with Crippen LogP contribution in [0.25, 0.3) is 0 Å². The zero-order valence-electron chi connectivity index (χ0n) is 13.9. The fourth-order valence-corrected chi connectivity index (χ4v) is 2.70. The lowest BCUT2D eigenvalue weighted by molar-refractivity contribution is 0.202. The maximum absolute atomic E-state index is 6.31. The number of anilines is 1. The van der Waals surface area contributed by atoms with Crippen molar-refractivity contribution in [3.8, 4) is 0 Å². The van der Waals surface area contributed by atoms with Gasteiger partial charge in [-0.1, -0.05) is 32.4 Å². The Morgan fingerprint density at radius 1 is 1.19 bits per heavy atom. The molecule has 0 aliphatic heterocycles. The van der Waals surface area contributed by atoms with Crippen molar-refractivity contribution in [1.29, 1.82) is 0 Å². The van der Waals surface area contributed by atoms with Crippen LogP contribution in [0.1, 0.15) is 51.4 Å². The van der Waals surface area contributed by atoms with Crippen molar-refractivity contribution in [3.63, 3.8) is 0 Å². The Balaban J connectivity index is 3.20. The summed E-state index contributed by atoms with van der Waals surface area (Å²) < 4.78 is 5.26. The highest BCUT2D eigenvalue weighted by Crippen LogP contribution is 2.27. The predicted octanol–water partition coefficient (Wildman–Crippen LogP) is 4.03. The average molecular weight is 314 g/mol. The van der Waals surface area contributed by atoms with Gasteiger partial charge in [0, 0.05) is 31.7 Å². The zero-order chi connectivity index (χ0) is 15.8. The molecule has 0 saturated heterocycles. The van der Waals surface area contributed by atoms with E-state index in [-0.39, 0.29) is 0 Å². The van der Waals surface area contributed by atoms with Crippen LogP contribution in [-0.2, 0) is 11.2 Å². The molecule has 0 fully saturated rings. The van der Waals surface area contributed by atoms with Crippen LogP contribution < -0.4 is 4.90 Å². The molecule has 1 rings (SSSR count). The minimum Gasteiger partial charge on any atom is -0.383 e. The quantitative estimate of drug-likeness (QED) is 0.645. The average Bonchev–Trinajstić information content (AvgIpc) is 2.47. The lowest BCUT2D eigenvalue weighted by Gasteiger charge is -2.33. The van der Waals surface area contributed by atoms with Gasteiger partial charge in [0.15, 0.2) is 0 Å². The summed E-state index contributed by atoms with van der Waals surface area (Å²) >= 11 is 6.31. The summed E-state index contributed by atoms with van der Waals surface area (Å²) in [6, 6.07) is 0.444. The molecule has 21 heavy (non-hydrogen) atoms. The first-order valence-electron chi connectivity index (χ1n) is 7.87. The second-order valence-corrected chi connectivity index (χ2v) is 5.64. The molecule has 1 aromatic rings. The van der Waals surface area contributed by atoms with E-state index in [1.165, 1.54) is 0 Å². The van der Waals surface area contributed by atoms with Crippen LogP contribution in [0, 0.1) is 6.92 Å². The molecule has 1 aromatic heterocycles. The Labute approximate surface area is 133 Å². The van der Waals surface area contributed by atoms with E-state index in [0.717, 1.165) is 49.4 Å². The van der Waals surface area contributed by atoms with Crippen molar-refractivity contribution in [2.24, 2.45) is 0 Å². The Morgan fingerprint density at radius 3 is 2.38 bits per heavy atom. The number of hydrogen-bond acceptors (Lipinski definition) is 4. The Kier molecular flexibility index (Phi) is 7.97. The highest BCUT2D eigenvalue weighted by Gasteiger charge is 2.21. The molecule has 0 aliphatic carbocycles. The van der Waals surface area contributed by atoms with Gasteiger partial charge in [-0.15, -0.1) is 0 Å². The number of methoxy groups -OCH3 is 1. The summed E-state index contributed by atoms with van der Waals surface area (Å²) in [5, 5.41) is 0.567. The van der Waals surface area contributed by atoms with Gasteiger partial charge in [-0.25, -0.2) is 9.97 Å². The normalized spacial score (nSPS) is 11.2. The van der Waals surface area contributed by atoms with E-state index in [1.54, 1.807) is 7.11 Å². The van der Waals surface area contributed by atoms with Gasteiger partial charge >= 0.3 is 0 Å². The summed E-state index contributed by atoms with van der Waals surface area (Å²) in [4.78, 5) is 11.5. The second-order valence-electron chi connectivity index (χ2n) is 5.29. The standard InChI is InChI=1S/C16H28ClN3O/c1-6-9-14-18-15(17)12(4)16(19-14)20(10-11-21-5)13(7-2)8-3/h13H,6-11H2,1-5H3. The van der Waals surface area contributed by atoms with Crippen LogP contribution in [0.4, 0.5) is 5.82 Å². The minimum atomic E-state index is 0.444. The number of hydrogen-bond donors (Lipinski definition) is 0. The van der Waals surface area contributed by atoms with Crippen LogP contribution in [0.2, 0.25) is 5.15 Å². The first-order chi connectivity index (χ1) is 10.1. The van der Waals surface area contributed by atoms with Gasteiger partial charge in [-0.05, 0) is 26.2 Å². The van der Waals surface area contributed by atoms with Crippen LogP contribution >= 0.6 is 11.6 Å². The first kappa shape index (κ1) is 18.2. The molecule has 1 heterocycles. The fourth-order valence-electron chi connectivity index (χ4n) is 2.52. The maximum Gasteiger partial charge on any atom is 0.137 e. The second kappa shape index (κ2) is 9.21. The summed E-state index contributed by atoms with van der Waals surface area (Å²) in [5.41, 5.74) is 0.958. The molecule has 0 amide bonds. The molecular weight excluding hydrogens is 286 g/mol. The number of rotatable bonds is 9. The summed E-state index contributed by atoms with van der Waals surface area (Å²) in [7, 11) is 1.73. The maximum atomic E-state index is 6.31. The van der Waals surface area contributed by atoms with Crippen LogP contribution in [0.15, 0.2) is 0 Å². The summed E-state index contributed by atoms with van der Waals surface area (Å²) in [5.74, 6) is 1.79. The van der Waals surface area contributed by atoms with E-state index < -0.39 is 0 Å². The molecule has 0 aromatic carbocycles. The van der Waals surface area contributed by atoms with Crippen molar-refractivity contribution < 1.29 is 4.74 Å². The molecule has 0 unspecified atom stereocenters. The van der Waals surface area contributed by atoms with Gasteiger partial charge in [-0.2, -0.15) is 0 Å². The number of ether oxygens (including phenoxy) is 1. The monoisotopic (exact) mass is 313 g/mol. The van der Waals surface area contributed by atoms with Gasteiger partial charge in [0.1, 0.15) is 16.8 Å². The van der Waals surface area contributed by atoms with Crippen LogP contribution in [-0.4, -0.2) is 36.3 Å². The van der Waals surface area contributed by atoms with E-state index in [4.69, 9.17) is 21.3 Å². The molecule has 0 atom stereocenters. The van der Waals surface area contributed by atoms with Gasteiger partial charge in [-0.3, -0.25) is 0 Å². The SMILES string of the molecule is CCCc1nc(Cl)c(C)c(N(CCOC)C(CC)CC)n1. The highest BCUT2D eigenvalue weighted by atomic mass is 35.5. The topological polar surface area (TPSA) is 38.2 Å². The fraction of sp³-hybridized carbons (Fsp3) is 0.750. The van der Waals surface area contributed by atoms with Crippen molar-refractivity contribution >= 4 is 17.4 Å². The Bertz CT molecular complexity index is 436. The van der Waals surface area contributed by atoms with Gasteiger partial charge in [0.2, 0.25) is 0 Å². The van der Waals surface area contributed by atoms with E-state index in [2.05, 4.69) is 30.7 Å². The lowest BCUT2D eigenvalue weighted by Crippen LogP contribution is -2.38. The summed E-state index contributed by atoms with van der Waals surface area (Å²) in [6.45, 7) is 10.0. The molecular formula is C16H28ClN3O. The molecule has 0 aliphatic rings. The van der Waals surface area contributed by atoms with Gasteiger partial charge < -0.3 is 9.64 Å². The Morgan fingerprint density at radius 2 is 1.86 bits per heavy atom. The van der Waals surface area contributed by atoms with Gasteiger partial charge in [0.05, 0.1) is 6.61 Å². The third kappa shape index (κ3) is 4.82. The van der Waals surface area contributed by atoms with Crippen molar-refractivity contribution in [2.75, 3.05) is 25.2 Å². The van der Waals surface area contributed by atoms with Gasteiger partial charge in [0.25, 0.3) is 0 Å². The molecule has 0 radical (unpaired) electrons. The smallest absolute Gasteiger partial charge is 0.137 e. The molecule has 0 saturated carbocycles. The number of nitrogens with zero attached hydrogens (tertiary/aromatic N) is 3. The number of halogens is 1. The molecule has 5 heteroatoms. The largest absolute Gasteiger partial charge is 0.383 e. The zero-order valence-corrected chi connectivity index (χ0v) is 14.7. The minimum absolute atomic E-state index is 0.444. The molecule has 0 bridgehead atoms. The lowest BCUT2D eigenvalue weighted by atomic mass is 10.1. The predicted molar refractivity (Wildman–Crippen MR) is 89.4 cm³/mol. The number of aromatic nitrogens is 2.